The maximum Gasteiger partial charge on any atom is 0.142 e. The van der Waals surface area contributed by atoms with Gasteiger partial charge in [-0.05, 0) is 37.7 Å². The number of ether oxygens (including phenoxy) is 1. The van der Waals surface area contributed by atoms with Gasteiger partial charge >= 0.3 is 0 Å². The first-order chi connectivity index (χ1) is 9.67. The van der Waals surface area contributed by atoms with Crippen molar-refractivity contribution < 1.29 is 9.13 Å². The van der Waals surface area contributed by atoms with E-state index in [2.05, 4.69) is 17.1 Å². The summed E-state index contributed by atoms with van der Waals surface area (Å²) in [5.41, 5.74) is 0.931. The number of rotatable bonds is 5. The average molecular weight is 301 g/mol. The summed E-state index contributed by atoms with van der Waals surface area (Å²) in [6.07, 6.45) is 1.10. The number of nitrogens with one attached hydrogen (secondary N) is 1. The van der Waals surface area contributed by atoms with Crippen LogP contribution in [-0.4, -0.2) is 44.3 Å². The minimum atomic E-state index is -0.366. The molecular weight excluding hydrogens is 279 g/mol. The van der Waals surface area contributed by atoms with Crippen molar-refractivity contribution >= 4 is 11.6 Å². The van der Waals surface area contributed by atoms with Gasteiger partial charge in [-0.15, -0.1) is 0 Å². The van der Waals surface area contributed by atoms with E-state index in [4.69, 9.17) is 16.3 Å². The van der Waals surface area contributed by atoms with Crippen LogP contribution in [0.4, 0.5) is 4.39 Å². The smallest absolute Gasteiger partial charge is 0.142 e. The fraction of sp³-hybridized carbons (Fsp3) is 0.600. The maximum atomic E-state index is 13.8. The second kappa shape index (κ2) is 7.36. The Balaban J connectivity index is 2.29. The van der Waals surface area contributed by atoms with Crippen LogP contribution < -0.4 is 5.32 Å². The third kappa shape index (κ3) is 3.50. The van der Waals surface area contributed by atoms with Crippen LogP contribution >= 0.6 is 11.6 Å². The first kappa shape index (κ1) is 15.7. The highest BCUT2D eigenvalue weighted by atomic mass is 35.5. The molecule has 20 heavy (non-hydrogen) atoms. The van der Waals surface area contributed by atoms with Crippen molar-refractivity contribution in [1.29, 1.82) is 0 Å². The van der Waals surface area contributed by atoms with Crippen molar-refractivity contribution in [2.75, 3.05) is 33.3 Å². The molecule has 1 heterocycles. The fourth-order valence-electron chi connectivity index (χ4n) is 2.82. The molecule has 1 saturated heterocycles. The normalized spacial score (nSPS) is 24.0. The Morgan fingerprint density at radius 2 is 2.30 bits per heavy atom. The maximum absolute atomic E-state index is 13.8. The van der Waals surface area contributed by atoms with E-state index in [1.165, 1.54) is 6.07 Å². The molecule has 0 saturated carbocycles. The first-order valence-corrected chi connectivity index (χ1v) is 7.50. The molecule has 2 atom stereocenters. The number of benzene rings is 1. The SMILES string of the molecule is CCCN1CCOC(CNC)C1c1ccc(Cl)c(F)c1. The van der Waals surface area contributed by atoms with Crippen molar-refractivity contribution in [3.8, 4) is 0 Å². The molecule has 1 aromatic carbocycles. The van der Waals surface area contributed by atoms with Gasteiger partial charge in [0.25, 0.3) is 0 Å². The van der Waals surface area contributed by atoms with Crippen molar-refractivity contribution in [3.63, 3.8) is 0 Å². The van der Waals surface area contributed by atoms with Crippen molar-refractivity contribution in [2.45, 2.75) is 25.5 Å². The third-order valence-electron chi connectivity index (χ3n) is 3.66. The zero-order valence-corrected chi connectivity index (χ0v) is 12.8. The Hall–Kier alpha value is -0.680. The summed E-state index contributed by atoms with van der Waals surface area (Å²) < 4.78 is 19.6. The molecule has 0 aromatic heterocycles. The van der Waals surface area contributed by atoms with Crippen LogP contribution in [0.3, 0.4) is 0 Å². The van der Waals surface area contributed by atoms with Crippen LogP contribution in [-0.2, 0) is 4.74 Å². The summed E-state index contributed by atoms with van der Waals surface area (Å²) in [5.74, 6) is -0.366. The number of halogens is 2. The summed E-state index contributed by atoms with van der Waals surface area (Å²) in [4.78, 5) is 2.37. The molecule has 1 aromatic rings. The lowest BCUT2D eigenvalue weighted by molar-refractivity contribution is -0.0705. The molecule has 1 aliphatic heterocycles. The van der Waals surface area contributed by atoms with Crippen LogP contribution in [0.5, 0.6) is 0 Å². The number of hydrogen-bond acceptors (Lipinski definition) is 3. The van der Waals surface area contributed by atoms with E-state index < -0.39 is 0 Å². The molecule has 1 N–H and O–H groups in total. The van der Waals surface area contributed by atoms with Gasteiger partial charge in [0.05, 0.1) is 23.8 Å². The Morgan fingerprint density at radius 1 is 1.50 bits per heavy atom. The molecule has 112 valence electrons. The zero-order chi connectivity index (χ0) is 14.5. The highest BCUT2D eigenvalue weighted by Gasteiger charge is 2.33. The van der Waals surface area contributed by atoms with Crippen LogP contribution in [0, 0.1) is 5.82 Å². The summed E-state index contributed by atoms with van der Waals surface area (Å²) in [7, 11) is 1.90. The van der Waals surface area contributed by atoms with Crippen LogP contribution in [0.2, 0.25) is 5.02 Å². The van der Waals surface area contributed by atoms with Crippen LogP contribution in [0.1, 0.15) is 24.9 Å². The number of likely N-dealkylation sites (N-methyl/N-ethyl adjacent to an activating group) is 1. The molecule has 5 heteroatoms. The van der Waals surface area contributed by atoms with Crippen LogP contribution in [0.25, 0.3) is 0 Å². The lowest BCUT2D eigenvalue weighted by Crippen LogP contribution is -2.48. The van der Waals surface area contributed by atoms with E-state index in [1.807, 2.05) is 13.1 Å². The molecule has 0 amide bonds. The minimum Gasteiger partial charge on any atom is -0.374 e. The molecule has 1 fully saturated rings. The fourth-order valence-corrected chi connectivity index (χ4v) is 2.94. The molecule has 0 bridgehead atoms. The molecule has 3 nitrogen and oxygen atoms in total. The van der Waals surface area contributed by atoms with Gasteiger partial charge in [0.2, 0.25) is 0 Å². The lowest BCUT2D eigenvalue weighted by atomic mass is 9.97. The standard InChI is InChI=1S/C15H22ClFN2O/c1-3-6-19-7-8-20-14(10-18-2)15(19)11-4-5-12(16)13(17)9-11/h4-5,9,14-15,18H,3,6-8,10H2,1-2H3. The van der Waals surface area contributed by atoms with E-state index in [9.17, 15) is 4.39 Å². The lowest BCUT2D eigenvalue weighted by Gasteiger charge is -2.41. The van der Waals surface area contributed by atoms with E-state index in [-0.39, 0.29) is 23.0 Å². The highest BCUT2D eigenvalue weighted by molar-refractivity contribution is 6.30. The molecule has 0 aliphatic carbocycles. The second-order valence-corrected chi connectivity index (χ2v) is 5.53. The Morgan fingerprint density at radius 3 is 2.95 bits per heavy atom. The van der Waals surface area contributed by atoms with E-state index >= 15 is 0 Å². The topological polar surface area (TPSA) is 24.5 Å². The predicted molar refractivity (Wildman–Crippen MR) is 79.7 cm³/mol. The number of morpholine rings is 1. The predicted octanol–water partition coefficient (Wildman–Crippen LogP) is 2.85. The van der Waals surface area contributed by atoms with Crippen molar-refractivity contribution in [3.05, 3.63) is 34.6 Å². The Kier molecular flexibility index (Phi) is 5.78. The van der Waals surface area contributed by atoms with E-state index in [1.54, 1.807) is 6.07 Å². The molecule has 0 radical (unpaired) electrons. The first-order valence-electron chi connectivity index (χ1n) is 7.12. The van der Waals surface area contributed by atoms with Gasteiger partial charge in [0.1, 0.15) is 5.82 Å². The Labute approximate surface area is 125 Å². The Bertz CT molecular complexity index is 426. The monoisotopic (exact) mass is 300 g/mol. The van der Waals surface area contributed by atoms with E-state index in [0.717, 1.165) is 38.2 Å². The number of hydrogen-bond donors (Lipinski definition) is 1. The molecule has 2 unspecified atom stereocenters. The van der Waals surface area contributed by atoms with Gasteiger partial charge in [-0.2, -0.15) is 0 Å². The van der Waals surface area contributed by atoms with E-state index in [0.29, 0.717) is 0 Å². The zero-order valence-electron chi connectivity index (χ0n) is 12.0. The highest BCUT2D eigenvalue weighted by Crippen LogP contribution is 2.31. The quantitative estimate of drug-likeness (QED) is 0.905. The average Bonchev–Trinajstić information content (AvgIpc) is 2.43. The molecular formula is C15H22ClFN2O. The van der Waals surface area contributed by atoms with Gasteiger partial charge in [-0.3, -0.25) is 4.90 Å². The summed E-state index contributed by atoms with van der Waals surface area (Å²) >= 11 is 5.78. The van der Waals surface area contributed by atoms with Gasteiger partial charge < -0.3 is 10.1 Å². The van der Waals surface area contributed by atoms with Gasteiger partial charge in [-0.1, -0.05) is 24.6 Å². The minimum absolute atomic E-state index is 0.0286. The number of nitrogens with zero attached hydrogens (tertiary/aromatic N) is 1. The van der Waals surface area contributed by atoms with Gasteiger partial charge in [0, 0.05) is 13.1 Å². The molecule has 1 aliphatic rings. The third-order valence-corrected chi connectivity index (χ3v) is 3.96. The van der Waals surface area contributed by atoms with Crippen molar-refractivity contribution in [2.24, 2.45) is 0 Å². The largest absolute Gasteiger partial charge is 0.374 e. The second-order valence-electron chi connectivity index (χ2n) is 5.12. The summed E-state index contributed by atoms with van der Waals surface area (Å²) in [6.45, 7) is 5.48. The van der Waals surface area contributed by atoms with Crippen molar-refractivity contribution in [1.82, 2.24) is 10.2 Å². The summed E-state index contributed by atoms with van der Waals surface area (Å²) in [6, 6.07) is 5.13. The van der Waals surface area contributed by atoms with Gasteiger partial charge in [0.15, 0.2) is 0 Å². The molecule has 2 rings (SSSR count). The molecule has 0 spiro atoms. The van der Waals surface area contributed by atoms with Crippen LogP contribution in [0.15, 0.2) is 18.2 Å². The summed E-state index contributed by atoms with van der Waals surface area (Å²) in [5, 5.41) is 3.32. The van der Waals surface area contributed by atoms with Gasteiger partial charge in [-0.25, -0.2) is 4.39 Å².